The van der Waals surface area contributed by atoms with E-state index in [2.05, 4.69) is 0 Å². The Morgan fingerprint density at radius 3 is 2.50 bits per heavy atom. The molecular weight excluding hydrogens is 206 g/mol. The number of rotatable bonds is 3. The highest BCUT2D eigenvalue weighted by atomic mass is 16.6. The van der Waals surface area contributed by atoms with Gasteiger partial charge in [-0.3, -0.25) is 4.90 Å². The van der Waals surface area contributed by atoms with Crippen molar-refractivity contribution in [2.75, 3.05) is 6.61 Å². The fraction of sp³-hybridized carbons (Fsp3) is 0.833. The summed E-state index contributed by atoms with van der Waals surface area (Å²) in [6.45, 7) is 11.8. The van der Waals surface area contributed by atoms with Crippen molar-refractivity contribution in [2.45, 2.75) is 58.7 Å². The van der Waals surface area contributed by atoms with Crippen LogP contribution >= 0.6 is 0 Å². The highest BCUT2D eigenvalue weighted by Crippen LogP contribution is 2.35. The molecule has 1 aliphatic rings. The Morgan fingerprint density at radius 2 is 2.06 bits per heavy atom. The molecule has 1 rings (SSSR count). The Labute approximate surface area is 97.9 Å². The summed E-state index contributed by atoms with van der Waals surface area (Å²) in [6, 6.07) is 0. The van der Waals surface area contributed by atoms with Crippen LogP contribution in [0.3, 0.4) is 0 Å². The molecule has 0 bridgehead atoms. The average Bonchev–Trinajstić information content (AvgIpc) is 2.36. The minimum atomic E-state index is -0.597. The van der Waals surface area contributed by atoms with Crippen molar-refractivity contribution in [1.29, 1.82) is 0 Å². The molecule has 93 valence electrons. The lowest BCUT2D eigenvalue weighted by Crippen LogP contribution is -2.52. The van der Waals surface area contributed by atoms with E-state index >= 15 is 0 Å². The molecule has 1 radical (unpaired) electrons. The smallest absolute Gasteiger partial charge is 0.412 e. The number of ether oxygens (including phenoxy) is 2. The first kappa shape index (κ1) is 13.3. The first-order valence-electron chi connectivity index (χ1n) is 5.78. The zero-order valence-electron chi connectivity index (χ0n) is 10.9. The van der Waals surface area contributed by atoms with Crippen molar-refractivity contribution in [2.24, 2.45) is 0 Å². The highest BCUT2D eigenvalue weighted by molar-refractivity contribution is 5.70. The van der Waals surface area contributed by atoms with E-state index in [0.29, 0.717) is 6.61 Å². The van der Waals surface area contributed by atoms with Crippen molar-refractivity contribution in [3.63, 3.8) is 0 Å². The quantitative estimate of drug-likeness (QED) is 0.697. The third-order valence-electron chi connectivity index (χ3n) is 2.70. The van der Waals surface area contributed by atoms with E-state index in [4.69, 9.17) is 9.47 Å². The summed E-state index contributed by atoms with van der Waals surface area (Å²) < 4.78 is 10.7. The molecule has 1 fully saturated rings. The van der Waals surface area contributed by atoms with Gasteiger partial charge in [0, 0.05) is 0 Å². The maximum absolute atomic E-state index is 11.9. The largest absolute Gasteiger partial charge is 0.442 e. The summed E-state index contributed by atoms with van der Waals surface area (Å²) in [5.41, 5.74) is -0.915. The molecule has 0 aliphatic carbocycles. The van der Waals surface area contributed by atoms with Crippen LogP contribution in [0.5, 0.6) is 0 Å². The monoisotopic (exact) mass is 228 g/mol. The number of carbonyl (C=O) groups excluding carboxylic acids is 1. The topological polar surface area (TPSA) is 38.8 Å². The lowest BCUT2D eigenvalue weighted by atomic mass is 10.0. The minimum absolute atomic E-state index is 0.319. The van der Waals surface area contributed by atoms with Gasteiger partial charge in [0.1, 0.15) is 12.3 Å². The zero-order valence-corrected chi connectivity index (χ0v) is 10.9. The van der Waals surface area contributed by atoms with E-state index in [0.717, 1.165) is 12.8 Å². The summed E-state index contributed by atoms with van der Waals surface area (Å²) in [5, 5.41) is 0. The van der Waals surface area contributed by atoms with E-state index in [1.54, 1.807) is 11.5 Å². The van der Waals surface area contributed by atoms with Crippen molar-refractivity contribution >= 4 is 6.09 Å². The van der Waals surface area contributed by atoms with Crippen molar-refractivity contribution in [1.82, 2.24) is 4.90 Å². The number of hydrogen-bond donors (Lipinski definition) is 0. The molecule has 0 atom stereocenters. The van der Waals surface area contributed by atoms with Crippen LogP contribution < -0.4 is 0 Å². The van der Waals surface area contributed by atoms with Gasteiger partial charge in [0.25, 0.3) is 0 Å². The molecule has 0 unspecified atom stereocenters. The molecule has 0 aromatic rings. The van der Waals surface area contributed by atoms with Crippen LogP contribution in [-0.4, -0.2) is 28.9 Å². The molecule has 1 amide bonds. The van der Waals surface area contributed by atoms with Gasteiger partial charge in [-0.15, -0.1) is 0 Å². The van der Waals surface area contributed by atoms with Crippen LogP contribution in [0.2, 0.25) is 0 Å². The SMILES string of the molecule is CCC[CH]OC(=O)N1C(C)(C)COC1(C)C. The van der Waals surface area contributed by atoms with Gasteiger partial charge in [-0.05, 0) is 34.1 Å². The van der Waals surface area contributed by atoms with Crippen molar-refractivity contribution in [3.05, 3.63) is 6.61 Å². The standard InChI is InChI=1S/C12H22NO3/c1-6-7-8-15-10(14)13-11(2,3)9-16-12(13,4)5/h8H,6-7,9H2,1-5H3. The first-order valence-corrected chi connectivity index (χ1v) is 5.78. The van der Waals surface area contributed by atoms with Gasteiger partial charge < -0.3 is 9.47 Å². The Morgan fingerprint density at radius 1 is 1.44 bits per heavy atom. The molecule has 16 heavy (non-hydrogen) atoms. The van der Waals surface area contributed by atoms with E-state index in [-0.39, 0.29) is 11.6 Å². The van der Waals surface area contributed by atoms with Crippen molar-refractivity contribution in [3.8, 4) is 0 Å². The maximum atomic E-state index is 11.9. The van der Waals surface area contributed by atoms with Gasteiger partial charge in [-0.2, -0.15) is 0 Å². The molecule has 4 heteroatoms. The van der Waals surface area contributed by atoms with E-state index < -0.39 is 5.72 Å². The Hall–Kier alpha value is -0.770. The van der Waals surface area contributed by atoms with Gasteiger partial charge in [0.15, 0.2) is 0 Å². The van der Waals surface area contributed by atoms with Gasteiger partial charge in [0.05, 0.1) is 12.1 Å². The summed E-state index contributed by atoms with van der Waals surface area (Å²) in [6.07, 6.45) is 1.42. The van der Waals surface area contributed by atoms with Crippen molar-refractivity contribution < 1.29 is 14.3 Å². The van der Waals surface area contributed by atoms with Gasteiger partial charge in [0.2, 0.25) is 0 Å². The Bertz CT molecular complexity index is 245. The first-order chi connectivity index (χ1) is 7.31. The summed E-state index contributed by atoms with van der Waals surface area (Å²) in [7, 11) is 0. The molecule has 1 heterocycles. The van der Waals surface area contributed by atoms with E-state index in [9.17, 15) is 4.79 Å². The Kier molecular flexibility index (Phi) is 3.84. The van der Waals surface area contributed by atoms with Gasteiger partial charge in [-0.1, -0.05) is 13.3 Å². The predicted octanol–water partition coefficient (Wildman–Crippen LogP) is 2.93. The van der Waals surface area contributed by atoms with Crippen LogP contribution in [0.1, 0.15) is 47.5 Å². The van der Waals surface area contributed by atoms with Crippen LogP contribution in [0.25, 0.3) is 0 Å². The highest BCUT2D eigenvalue weighted by Gasteiger charge is 2.49. The third-order valence-corrected chi connectivity index (χ3v) is 2.70. The number of unbranched alkanes of at least 4 members (excludes halogenated alkanes) is 1. The van der Waals surface area contributed by atoms with E-state index in [1.165, 1.54) is 0 Å². The lowest BCUT2D eigenvalue weighted by Gasteiger charge is -2.36. The summed E-state index contributed by atoms with van der Waals surface area (Å²) >= 11 is 0. The second-order valence-corrected chi connectivity index (χ2v) is 5.22. The van der Waals surface area contributed by atoms with Crippen LogP contribution in [0, 0.1) is 6.61 Å². The molecule has 0 saturated carbocycles. The zero-order chi connectivity index (χ0) is 12.4. The normalized spacial score (nSPS) is 22.2. The minimum Gasteiger partial charge on any atom is -0.442 e. The number of amides is 1. The van der Waals surface area contributed by atoms with Crippen LogP contribution in [0.15, 0.2) is 0 Å². The van der Waals surface area contributed by atoms with Gasteiger partial charge >= 0.3 is 6.09 Å². The molecule has 1 aliphatic heterocycles. The molecule has 0 spiro atoms. The number of carbonyl (C=O) groups is 1. The van der Waals surface area contributed by atoms with Crippen LogP contribution in [-0.2, 0) is 9.47 Å². The molecule has 0 N–H and O–H groups in total. The molecule has 0 aromatic heterocycles. The maximum Gasteiger partial charge on any atom is 0.412 e. The molecular formula is C12H22NO3. The second kappa shape index (κ2) is 4.62. The summed E-state index contributed by atoms with van der Waals surface area (Å²) in [4.78, 5) is 13.6. The summed E-state index contributed by atoms with van der Waals surface area (Å²) in [5.74, 6) is 0. The fourth-order valence-electron chi connectivity index (χ4n) is 1.98. The molecule has 4 nitrogen and oxygen atoms in total. The van der Waals surface area contributed by atoms with Gasteiger partial charge in [-0.25, -0.2) is 4.79 Å². The van der Waals surface area contributed by atoms with E-state index in [1.807, 2.05) is 34.6 Å². The third kappa shape index (κ3) is 2.67. The second-order valence-electron chi connectivity index (χ2n) is 5.22. The molecule has 1 saturated heterocycles. The lowest BCUT2D eigenvalue weighted by molar-refractivity contribution is -0.0484. The predicted molar refractivity (Wildman–Crippen MR) is 61.6 cm³/mol. The average molecular weight is 228 g/mol. The molecule has 0 aromatic carbocycles. The fourth-order valence-corrected chi connectivity index (χ4v) is 1.98. The Balaban J connectivity index is 2.65. The number of nitrogens with zero attached hydrogens (tertiary/aromatic N) is 1. The number of hydrogen-bond acceptors (Lipinski definition) is 3. The van der Waals surface area contributed by atoms with Crippen LogP contribution in [0.4, 0.5) is 4.79 Å².